The number of aryl methyl sites for hydroxylation is 2. The van der Waals surface area contributed by atoms with Crippen LogP contribution in [-0.2, 0) is 21.2 Å². The van der Waals surface area contributed by atoms with Gasteiger partial charge in [-0.3, -0.25) is 9.52 Å². The van der Waals surface area contributed by atoms with Crippen molar-refractivity contribution in [1.29, 1.82) is 0 Å². The molecule has 0 aromatic heterocycles. The summed E-state index contributed by atoms with van der Waals surface area (Å²) in [6, 6.07) is 23.0. The van der Waals surface area contributed by atoms with Gasteiger partial charge in [-0.05, 0) is 55.3 Å². The summed E-state index contributed by atoms with van der Waals surface area (Å²) in [6.45, 7) is 1.94. The first-order valence-electron chi connectivity index (χ1n) is 8.96. The van der Waals surface area contributed by atoms with E-state index in [1.807, 2.05) is 49.4 Å². The van der Waals surface area contributed by atoms with E-state index in [-0.39, 0.29) is 10.8 Å². The van der Waals surface area contributed by atoms with Crippen molar-refractivity contribution in [1.82, 2.24) is 0 Å². The number of para-hydroxylation sites is 1. The molecule has 0 heterocycles. The molecule has 0 bridgehead atoms. The maximum Gasteiger partial charge on any atom is 0.261 e. The molecule has 0 aliphatic rings. The molecule has 0 saturated carbocycles. The minimum absolute atomic E-state index is 0.0797. The summed E-state index contributed by atoms with van der Waals surface area (Å²) in [6.07, 6.45) is 0.854. The molecular weight excluding hydrogens is 372 g/mol. The van der Waals surface area contributed by atoms with Crippen LogP contribution in [0.4, 0.5) is 11.4 Å². The minimum Gasteiger partial charge on any atom is -0.326 e. The molecule has 28 heavy (non-hydrogen) atoms. The highest BCUT2D eigenvalue weighted by Crippen LogP contribution is 2.18. The average Bonchev–Trinajstić information content (AvgIpc) is 2.69. The van der Waals surface area contributed by atoms with Gasteiger partial charge in [-0.25, -0.2) is 8.42 Å². The standard InChI is InChI=1S/C22H22N2O3S/c1-17-7-12-20(13-8-17)24-28(26,27)21-14-9-18(10-15-21)11-16-22(25)23-19-5-3-2-4-6-19/h2-10,12-15,24H,11,16H2,1H3,(H,23,25). The van der Waals surface area contributed by atoms with E-state index in [0.717, 1.165) is 16.8 Å². The number of rotatable bonds is 7. The number of sulfonamides is 1. The lowest BCUT2D eigenvalue weighted by molar-refractivity contribution is -0.116. The number of benzene rings is 3. The fourth-order valence-corrected chi connectivity index (χ4v) is 3.73. The summed E-state index contributed by atoms with van der Waals surface area (Å²) in [4.78, 5) is 12.2. The Bertz CT molecular complexity index is 1030. The summed E-state index contributed by atoms with van der Waals surface area (Å²) >= 11 is 0. The Hall–Kier alpha value is -3.12. The second kappa shape index (κ2) is 8.71. The second-order valence-electron chi connectivity index (χ2n) is 6.53. The lowest BCUT2D eigenvalue weighted by Gasteiger charge is -2.09. The van der Waals surface area contributed by atoms with Crippen LogP contribution >= 0.6 is 0 Å². The molecule has 1 amide bonds. The number of nitrogens with one attached hydrogen (secondary N) is 2. The zero-order valence-electron chi connectivity index (χ0n) is 15.6. The van der Waals surface area contributed by atoms with Crippen LogP contribution in [-0.4, -0.2) is 14.3 Å². The van der Waals surface area contributed by atoms with Gasteiger partial charge in [0.05, 0.1) is 4.90 Å². The molecule has 0 atom stereocenters. The number of carbonyl (C=O) groups excluding carboxylic acids is 1. The smallest absolute Gasteiger partial charge is 0.261 e. The number of carbonyl (C=O) groups is 1. The number of hydrogen-bond acceptors (Lipinski definition) is 3. The van der Waals surface area contributed by atoms with Gasteiger partial charge in [0.2, 0.25) is 5.91 Å². The molecule has 0 aliphatic heterocycles. The number of hydrogen-bond donors (Lipinski definition) is 2. The van der Waals surface area contributed by atoms with Crippen LogP contribution in [0, 0.1) is 6.92 Å². The van der Waals surface area contributed by atoms with Crippen molar-refractivity contribution in [2.24, 2.45) is 0 Å². The van der Waals surface area contributed by atoms with Gasteiger partial charge in [-0.1, -0.05) is 48.0 Å². The van der Waals surface area contributed by atoms with Crippen LogP contribution in [0.15, 0.2) is 83.8 Å². The average molecular weight is 394 g/mol. The molecule has 0 unspecified atom stereocenters. The van der Waals surface area contributed by atoms with E-state index in [1.165, 1.54) is 0 Å². The van der Waals surface area contributed by atoms with Gasteiger partial charge in [-0.15, -0.1) is 0 Å². The van der Waals surface area contributed by atoms with E-state index in [2.05, 4.69) is 10.0 Å². The molecule has 144 valence electrons. The van der Waals surface area contributed by atoms with Crippen LogP contribution in [0.2, 0.25) is 0 Å². The fraction of sp³-hybridized carbons (Fsp3) is 0.136. The Morgan fingerprint density at radius 3 is 2.11 bits per heavy atom. The predicted molar refractivity (Wildman–Crippen MR) is 112 cm³/mol. The Kier molecular flexibility index (Phi) is 6.11. The molecular formula is C22H22N2O3S. The molecule has 0 fully saturated rings. The molecule has 0 spiro atoms. The largest absolute Gasteiger partial charge is 0.326 e. The molecule has 3 aromatic rings. The quantitative estimate of drug-likeness (QED) is 0.625. The van der Waals surface area contributed by atoms with Crippen LogP contribution < -0.4 is 10.0 Å². The highest BCUT2D eigenvalue weighted by molar-refractivity contribution is 7.92. The maximum absolute atomic E-state index is 12.5. The highest BCUT2D eigenvalue weighted by Gasteiger charge is 2.14. The van der Waals surface area contributed by atoms with Gasteiger partial charge >= 0.3 is 0 Å². The molecule has 0 saturated heterocycles. The SMILES string of the molecule is Cc1ccc(NS(=O)(=O)c2ccc(CCC(=O)Nc3ccccc3)cc2)cc1. The highest BCUT2D eigenvalue weighted by atomic mass is 32.2. The summed E-state index contributed by atoms with van der Waals surface area (Å²) in [5.74, 6) is -0.0797. The van der Waals surface area contributed by atoms with Crippen molar-refractivity contribution in [3.05, 3.63) is 90.0 Å². The van der Waals surface area contributed by atoms with E-state index >= 15 is 0 Å². The van der Waals surface area contributed by atoms with Gasteiger partial charge < -0.3 is 5.32 Å². The number of anilines is 2. The van der Waals surface area contributed by atoms with Crippen LogP contribution in [0.25, 0.3) is 0 Å². The zero-order chi connectivity index (χ0) is 20.0. The Labute approximate surface area is 165 Å². The normalized spacial score (nSPS) is 11.0. The third-order valence-corrected chi connectivity index (χ3v) is 5.63. The van der Waals surface area contributed by atoms with Crippen molar-refractivity contribution in [2.45, 2.75) is 24.7 Å². The predicted octanol–water partition coefficient (Wildman–Crippen LogP) is 4.37. The second-order valence-corrected chi connectivity index (χ2v) is 8.21. The van der Waals surface area contributed by atoms with Crippen molar-refractivity contribution >= 4 is 27.3 Å². The van der Waals surface area contributed by atoms with E-state index in [0.29, 0.717) is 18.5 Å². The van der Waals surface area contributed by atoms with Crippen molar-refractivity contribution in [3.63, 3.8) is 0 Å². The molecule has 3 aromatic carbocycles. The molecule has 5 nitrogen and oxygen atoms in total. The molecule has 3 rings (SSSR count). The van der Waals surface area contributed by atoms with E-state index in [9.17, 15) is 13.2 Å². The monoisotopic (exact) mass is 394 g/mol. The van der Waals surface area contributed by atoms with Crippen molar-refractivity contribution in [2.75, 3.05) is 10.0 Å². The summed E-state index contributed by atoms with van der Waals surface area (Å²) in [5, 5.41) is 2.83. The van der Waals surface area contributed by atoms with Crippen LogP contribution in [0.5, 0.6) is 0 Å². The Morgan fingerprint density at radius 1 is 0.821 bits per heavy atom. The fourth-order valence-electron chi connectivity index (χ4n) is 2.67. The zero-order valence-corrected chi connectivity index (χ0v) is 16.4. The first-order valence-corrected chi connectivity index (χ1v) is 10.4. The third kappa shape index (κ3) is 5.44. The first kappa shape index (κ1) is 19.6. The lowest BCUT2D eigenvalue weighted by atomic mass is 10.1. The Balaban J connectivity index is 1.58. The van der Waals surface area contributed by atoms with E-state index in [1.54, 1.807) is 36.4 Å². The van der Waals surface area contributed by atoms with Crippen LogP contribution in [0.1, 0.15) is 17.5 Å². The van der Waals surface area contributed by atoms with E-state index < -0.39 is 10.0 Å². The lowest BCUT2D eigenvalue weighted by Crippen LogP contribution is -2.13. The maximum atomic E-state index is 12.5. The first-order chi connectivity index (χ1) is 13.4. The van der Waals surface area contributed by atoms with Crippen LogP contribution in [0.3, 0.4) is 0 Å². The molecule has 0 radical (unpaired) electrons. The van der Waals surface area contributed by atoms with Crippen molar-refractivity contribution < 1.29 is 13.2 Å². The van der Waals surface area contributed by atoms with E-state index in [4.69, 9.17) is 0 Å². The molecule has 0 aliphatic carbocycles. The van der Waals surface area contributed by atoms with Gasteiger partial charge in [0.25, 0.3) is 10.0 Å². The molecule has 2 N–H and O–H groups in total. The van der Waals surface area contributed by atoms with Gasteiger partial charge in [0.15, 0.2) is 0 Å². The van der Waals surface area contributed by atoms with Crippen molar-refractivity contribution in [3.8, 4) is 0 Å². The third-order valence-electron chi connectivity index (χ3n) is 4.24. The molecule has 6 heteroatoms. The van der Waals surface area contributed by atoms with Gasteiger partial charge in [0, 0.05) is 17.8 Å². The minimum atomic E-state index is -3.64. The number of amides is 1. The summed E-state index contributed by atoms with van der Waals surface area (Å²) in [7, 11) is -3.64. The summed E-state index contributed by atoms with van der Waals surface area (Å²) in [5.41, 5.74) is 3.24. The summed E-state index contributed by atoms with van der Waals surface area (Å²) < 4.78 is 27.6. The van der Waals surface area contributed by atoms with Gasteiger partial charge in [-0.2, -0.15) is 0 Å². The topological polar surface area (TPSA) is 75.3 Å². The van der Waals surface area contributed by atoms with Gasteiger partial charge in [0.1, 0.15) is 0 Å². The Morgan fingerprint density at radius 2 is 1.46 bits per heavy atom.